The van der Waals surface area contributed by atoms with E-state index in [0.29, 0.717) is 22.4 Å². The Morgan fingerprint density at radius 1 is 0.957 bits per heavy atom. The lowest BCUT2D eigenvalue weighted by Gasteiger charge is -2.10. The molecule has 4 nitrogen and oxygen atoms in total. The van der Waals surface area contributed by atoms with Crippen molar-refractivity contribution in [2.45, 2.75) is 0 Å². The summed E-state index contributed by atoms with van der Waals surface area (Å²) in [7, 11) is 2.95. The second kappa shape index (κ2) is 5.72. The minimum atomic E-state index is -0.750. The number of methoxy groups -OCH3 is 2. The zero-order valence-electron chi connectivity index (χ0n) is 12.4. The number of ether oxygens (including phenoxy) is 2. The van der Waals surface area contributed by atoms with Crippen LogP contribution in [0.4, 0.5) is 8.78 Å². The van der Waals surface area contributed by atoms with Crippen molar-refractivity contribution >= 4 is 10.9 Å². The minimum absolute atomic E-state index is 0.111. The van der Waals surface area contributed by atoms with Crippen molar-refractivity contribution in [3.63, 3.8) is 0 Å². The van der Waals surface area contributed by atoms with Gasteiger partial charge in [-0.05, 0) is 18.2 Å². The number of hydrogen-bond acceptors (Lipinski definition) is 3. The van der Waals surface area contributed by atoms with Gasteiger partial charge in [0.2, 0.25) is 0 Å². The molecule has 0 amide bonds. The predicted molar refractivity (Wildman–Crippen MR) is 83.0 cm³/mol. The van der Waals surface area contributed by atoms with E-state index in [-0.39, 0.29) is 16.7 Å². The number of nitrogens with one attached hydrogen (secondary N) is 1. The van der Waals surface area contributed by atoms with E-state index in [1.807, 2.05) is 0 Å². The molecule has 1 aromatic heterocycles. The van der Waals surface area contributed by atoms with Crippen LogP contribution in [-0.2, 0) is 0 Å². The monoisotopic (exact) mass is 317 g/mol. The molecular weight excluding hydrogens is 304 g/mol. The summed E-state index contributed by atoms with van der Waals surface area (Å²) >= 11 is 0. The van der Waals surface area contributed by atoms with E-state index in [1.165, 1.54) is 26.4 Å². The molecule has 0 atom stereocenters. The van der Waals surface area contributed by atoms with Gasteiger partial charge in [0.25, 0.3) is 0 Å². The third-order valence-electron chi connectivity index (χ3n) is 3.56. The molecule has 0 fully saturated rings. The van der Waals surface area contributed by atoms with Crippen LogP contribution in [0, 0.1) is 11.6 Å². The Kier molecular flexibility index (Phi) is 3.73. The molecule has 118 valence electrons. The number of rotatable bonds is 3. The maximum atomic E-state index is 13.9. The highest BCUT2D eigenvalue weighted by Crippen LogP contribution is 2.31. The van der Waals surface area contributed by atoms with Gasteiger partial charge in [-0.3, -0.25) is 4.79 Å². The van der Waals surface area contributed by atoms with Gasteiger partial charge in [-0.2, -0.15) is 0 Å². The van der Waals surface area contributed by atoms with Gasteiger partial charge in [0.15, 0.2) is 16.9 Å². The van der Waals surface area contributed by atoms with Crippen molar-refractivity contribution in [2.75, 3.05) is 14.2 Å². The highest BCUT2D eigenvalue weighted by Gasteiger charge is 2.13. The van der Waals surface area contributed by atoms with Gasteiger partial charge in [0.05, 0.1) is 25.4 Å². The molecule has 0 saturated carbocycles. The molecular formula is C17H13F2NO3. The molecule has 3 rings (SSSR count). The van der Waals surface area contributed by atoms with Gasteiger partial charge in [0.1, 0.15) is 11.6 Å². The molecule has 6 heteroatoms. The fraction of sp³-hybridized carbons (Fsp3) is 0.118. The number of halogens is 2. The summed E-state index contributed by atoms with van der Waals surface area (Å²) in [4.78, 5) is 15.3. The van der Waals surface area contributed by atoms with Crippen molar-refractivity contribution in [3.05, 3.63) is 58.3 Å². The summed E-state index contributed by atoms with van der Waals surface area (Å²) in [5, 5.41) is 0.383. The SMILES string of the molecule is COc1cc2[nH]c(-c3ccc(F)cc3F)cc(=O)c2cc1OC. The summed E-state index contributed by atoms with van der Waals surface area (Å²) in [5.41, 5.74) is 0.528. The lowest BCUT2D eigenvalue weighted by molar-refractivity contribution is 0.356. The second-order valence-corrected chi connectivity index (χ2v) is 4.92. The van der Waals surface area contributed by atoms with Crippen molar-refractivity contribution in [1.82, 2.24) is 4.98 Å². The summed E-state index contributed by atoms with van der Waals surface area (Å²) < 4.78 is 37.3. The van der Waals surface area contributed by atoms with Gasteiger partial charge >= 0.3 is 0 Å². The fourth-order valence-corrected chi connectivity index (χ4v) is 2.43. The van der Waals surface area contributed by atoms with E-state index < -0.39 is 11.6 Å². The fourth-order valence-electron chi connectivity index (χ4n) is 2.43. The lowest BCUT2D eigenvalue weighted by atomic mass is 10.1. The molecule has 0 aliphatic rings. The standard InChI is InChI=1S/C17H13F2NO3/c1-22-16-6-11-14(8-17(16)23-2)20-13(7-15(11)21)10-4-3-9(18)5-12(10)19/h3-8H,1-2H3,(H,20,21). The maximum Gasteiger partial charge on any atom is 0.190 e. The molecule has 0 spiro atoms. The largest absolute Gasteiger partial charge is 0.493 e. The van der Waals surface area contributed by atoms with E-state index in [0.717, 1.165) is 12.1 Å². The van der Waals surface area contributed by atoms with Crippen LogP contribution >= 0.6 is 0 Å². The van der Waals surface area contributed by atoms with Crippen molar-refractivity contribution in [1.29, 1.82) is 0 Å². The molecule has 1 heterocycles. The number of hydrogen-bond donors (Lipinski definition) is 1. The normalized spacial score (nSPS) is 10.8. The van der Waals surface area contributed by atoms with Crippen LogP contribution in [-0.4, -0.2) is 19.2 Å². The molecule has 0 saturated heterocycles. The summed E-state index contributed by atoms with van der Waals surface area (Å²) in [6, 6.07) is 7.60. The van der Waals surface area contributed by atoms with E-state index in [2.05, 4.69) is 4.98 Å². The van der Waals surface area contributed by atoms with Crippen LogP contribution in [0.5, 0.6) is 11.5 Å². The van der Waals surface area contributed by atoms with Crippen molar-refractivity contribution in [3.8, 4) is 22.8 Å². The van der Waals surface area contributed by atoms with Crippen LogP contribution in [0.1, 0.15) is 0 Å². The summed E-state index contributed by atoms with van der Waals surface area (Å²) in [6.07, 6.45) is 0. The number of pyridine rings is 1. The molecule has 1 N–H and O–H groups in total. The molecule has 0 bridgehead atoms. The van der Waals surface area contributed by atoms with Crippen LogP contribution < -0.4 is 14.9 Å². The van der Waals surface area contributed by atoms with E-state index in [4.69, 9.17) is 9.47 Å². The highest BCUT2D eigenvalue weighted by molar-refractivity contribution is 5.85. The number of aromatic amines is 1. The van der Waals surface area contributed by atoms with Crippen molar-refractivity contribution in [2.24, 2.45) is 0 Å². The van der Waals surface area contributed by atoms with Crippen LogP contribution in [0.2, 0.25) is 0 Å². The number of aromatic nitrogens is 1. The average molecular weight is 317 g/mol. The quantitative estimate of drug-likeness (QED) is 0.804. The molecule has 2 aromatic carbocycles. The number of benzene rings is 2. The maximum absolute atomic E-state index is 13.9. The molecule has 0 aliphatic carbocycles. The zero-order chi connectivity index (χ0) is 16.6. The molecule has 23 heavy (non-hydrogen) atoms. The van der Waals surface area contributed by atoms with Gasteiger partial charge in [-0.15, -0.1) is 0 Å². The lowest BCUT2D eigenvalue weighted by Crippen LogP contribution is -2.05. The minimum Gasteiger partial charge on any atom is -0.493 e. The van der Waals surface area contributed by atoms with E-state index in [1.54, 1.807) is 12.1 Å². The highest BCUT2D eigenvalue weighted by atomic mass is 19.1. The first kappa shape index (κ1) is 15.0. The van der Waals surface area contributed by atoms with Crippen LogP contribution in [0.3, 0.4) is 0 Å². The molecule has 0 unspecified atom stereocenters. The third-order valence-corrected chi connectivity index (χ3v) is 3.56. The average Bonchev–Trinajstić information content (AvgIpc) is 2.53. The van der Waals surface area contributed by atoms with Gasteiger partial charge < -0.3 is 14.5 Å². The third kappa shape index (κ3) is 2.63. The molecule has 3 aromatic rings. The smallest absolute Gasteiger partial charge is 0.190 e. The first-order valence-electron chi connectivity index (χ1n) is 6.78. The first-order chi connectivity index (χ1) is 11.0. The van der Waals surface area contributed by atoms with Gasteiger partial charge in [-0.25, -0.2) is 8.78 Å². The van der Waals surface area contributed by atoms with Crippen LogP contribution in [0.15, 0.2) is 41.2 Å². The Hall–Kier alpha value is -2.89. The second-order valence-electron chi connectivity index (χ2n) is 4.92. The van der Waals surface area contributed by atoms with Gasteiger partial charge in [0, 0.05) is 29.1 Å². The van der Waals surface area contributed by atoms with E-state index >= 15 is 0 Å². The Balaban J connectivity index is 2.27. The van der Waals surface area contributed by atoms with Crippen LogP contribution in [0.25, 0.3) is 22.2 Å². The van der Waals surface area contributed by atoms with Crippen molar-refractivity contribution < 1.29 is 18.3 Å². The predicted octanol–water partition coefficient (Wildman–Crippen LogP) is 3.49. The Bertz CT molecular complexity index is 950. The zero-order valence-corrected chi connectivity index (χ0v) is 12.4. The molecule has 0 radical (unpaired) electrons. The Morgan fingerprint density at radius 2 is 1.65 bits per heavy atom. The summed E-state index contributed by atoms with van der Waals surface area (Å²) in [5.74, 6) is -0.570. The Labute approximate surface area is 130 Å². The first-order valence-corrected chi connectivity index (χ1v) is 6.78. The van der Waals surface area contributed by atoms with Gasteiger partial charge in [-0.1, -0.05) is 0 Å². The number of H-pyrrole nitrogens is 1. The molecule has 0 aliphatic heterocycles. The Morgan fingerprint density at radius 3 is 2.30 bits per heavy atom. The number of fused-ring (bicyclic) bond motifs is 1. The topological polar surface area (TPSA) is 51.3 Å². The summed E-state index contributed by atoms with van der Waals surface area (Å²) in [6.45, 7) is 0. The van der Waals surface area contributed by atoms with E-state index in [9.17, 15) is 13.6 Å².